The zero-order valence-electron chi connectivity index (χ0n) is 9.89. The van der Waals surface area contributed by atoms with Gasteiger partial charge in [0.2, 0.25) is 5.91 Å². The monoisotopic (exact) mass is 238 g/mol. The molecule has 1 aliphatic carbocycles. The number of carboxylic acids is 1. The molecule has 0 aromatic heterocycles. The molecule has 0 radical (unpaired) electrons. The first-order valence-electron chi connectivity index (χ1n) is 6.31. The lowest BCUT2D eigenvalue weighted by Gasteiger charge is -2.29. The maximum Gasteiger partial charge on any atom is 0.352 e. The van der Waals surface area contributed by atoms with Crippen LogP contribution in [0.25, 0.3) is 0 Å². The van der Waals surface area contributed by atoms with Crippen LogP contribution in [0, 0.1) is 0 Å². The lowest BCUT2D eigenvalue weighted by molar-refractivity contribution is -0.135. The van der Waals surface area contributed by atoms with E-state index in [0.717, 1.165) is 25.7 Å². The number of hydrazone groups is 1. The van der Waals surface area contributed by atoms with E-state index in [1.54, 1.807) is 0 Å². The van der Waals surface area contributed by atoms with Crippen LogP contribution in [0.3, 0.4) is 0 Å². The molecular weight excluding hydrogens is 220 g/mol. The van der Waals surface area contributed by atoms with Gasteiger partial charge in [0.25, 0.3) is 0 Å². The molecule has 2 aliphatic rings. The number of hydrogen-bond acceptors (Lipinski definition) is 3. The Morgan fingerprint density at radius 3 is 2.41 bits per heavy atom. The highest BCUT2D eigenvalue weighted by molar-refractivity contribution is 6.36. The highest BCUT2D eigenvalue weighted by atomic mass is 16.4. The summed E-state index contributed by atoms with van der Waals surface area (Å²) in [4.78, 5) is 22.7. The number of amides is 1. The molecule has 94 valence electrons. The predicted molar refractivity (Wildman–Crippen MR) is 62.6 cm³/mol. The third-order valence-corrected chi connectivity index (χ3v) is 3.48. The SMILES string of the molecule is O=C(O)C1=NN(C2CCCCCC2)C(=O)CC1. The third kappa shape index (κ3) is 2.84. The highest BCUT2D eigenvalue weighted by Crippen LogP contribution is 2.24. The summed E-state index contributed by atoms with van der Waals surface area (Å²) in [6.07, 6.45) is 7.05. The molecule has 1 N–H and O–H groups in total. The fourth-order valence-electron chi connectivity index (χ4n) is 2.51. The minimum atomic E-state index is -1.00. The number of hydrogen-bond donors (Lipinski definition) is 1. The first-order chi connectivity index (χ1) is 8.18. The molecule has 0 aromatic carbocycles. The molecule has 17 heavy (non-hydrogen) atoms. The van der Waals surface area contributed by atoms with Gasteiger partial charge in [-0.2, -0.15) is 5.10 Å². The molecule has 0 saturated heterocycles. The van der Waals surface area contributed by atoms with Gasteiger partial charge in [0, 0.05) is 12.8 Å². The summed E-state index contributed by atoms with van der Waals surface area (Å²) in [6, 6.07) is 0.111. The maximum atomic E-state index is 11.8. The quantitative estimate of drug-likeness (QED) is 0.745. The summed E-state index contributed by atoms with van der Waals surface area (Å²) in [7, 11) is 0. The van der Waals surface area contributed by atoms with Gasteiger partial charge in [0.1, 0.15) is 5.71 Å². The lowest BCUT2D eigenvalue weighted by Crippen LogP contribution is -2.41. The minimum absolute atomic E-state index is 0.0260. The Balaban J connectivity index is 2.13. The van der Waals surface area contributed by atoms with Gasteiger partial charge >= 0.3 is 5.97 Å². The summed E-state index contributed by atoms with van der Waals surface area (Å²) < 4.78 is 0. The van der Waals surface area contributed by atoms with Crippen LogP contribution in [0.5, 0.6) is 0 Å². The smallest absolute Gasteiger partial charge is 0.352 e. The van der Waals surface area contributed by atoms with Crippen molar-refractivity contribution in [1.82, 2.24) is 5.01 Å². The van der Waals surface area contributed by atoms with E-state index in [2.05, 4.69) is 5.10 Å². The molecule has 1 fully saturated rings. The molecule has 0 bridgehead atoms. The molecule has 5 heteroatoms. The lowest BCUT2D eigenvalue weighted by atomic mass is 10.1. The molecule has 1 aliphatic heterocycles. The number of carboxylic acid groups (broad SMARTS) is 1. The number of carbonyl (C=O) groups excluding carboxylic acids is 1. The van der Waals surface area contributed by atoms with Crippen molar-refractivity contribution in [3.8, 4) is 0 Å². The summed E-state index contributed by atoms with van der Waals surface area (Å²) in [6.45, 7) is 0. The van der Waals surface area contributed by atoms with E-state index in [-0.39, 0.29) is 30.5 Å². The van der Waals surface area contributed by atoms with Crippen molar-refractivity contribution in [2.45, 2.75) is 57.4 Å². The summed E-state index contributed by atoms with van der Waals surface area (Å²) in [5.74, 6) is -1.03. The summed E-state index contributed by atoms with van der Waals surface area (Å²) >= 11 is 0. The predicted octanol–water partition coefficient (Wildman–Crippen LogP) is 1.77. The maximum absolute atomic E-state index is 11.8. The van der Waals surface area contributed by atoms with Crippen molar-refractivity contribution < 1.29 is 14.7 Å². The molecule has 0 aromatic rings. The van der Waals surface area contributed by atoms with Crippen LogP contribution in [-0.2, 0) is 9.59 Å². The molecule has 1 amide bonds. The Bertz CT molecular complexity index is 344. The van der Waals surface area contributed by atoms with Crippen LogP contribution in [-0.4, -0.2) is 33.7 Å². The molecule has 0 spiro atoms. The molecule has 0 unspecified atom stereocenters. The first kappa shape index (κ1) is 12.1. The van der Waals surface area contributed by atoms with E-state index >= 15 is 0 Å². The molecule has 1 heterocycles. The normalized spacial score (nSPS) is 23.2. The van der Waals surface area contributed by atoms with Gasteiger partial charge in [-0.3, -0.25) is 4.79 Å². The first-order valence-corrected chi connectivity index (χ1v) is 6.31. The fourth-order valence-corrected chi connectivity index (χ4v) is 2.51. The van der Waals surface area contributed by atoms with Crippen molar-refractivity contribution in [2.24, 2.45) is 5.10 Å². The van der Waals surface area contributed by atoms with E-state index in [1.807, 2.05) is 0 Å². The molecule has 1 saturated carbocycles. The van der Waals surface area contributed by atoms with Crippen LogP contribution in [0.2, 0.25) is 0 Å². The Morgan fingerprint density at radius 1 is 1.18 bits per heavy atom. The van der Waals surface area contributed by atoms with Crippen LogP contribution >= 0.6 is 0 Å². The van der Waals surface area contributed by atoms with Crippen molar-refractivity contribution in [1.29, 1.82) is 0 Å². The Labute approximate surface area is 100 Å². The topological polar surface area (TPSA) is 70.0 Å². The van der Waals surface area contributed by atoms with Crippen molar-refractivity contribution in [2.75, 3.05) is 0 Å². The summed E-state index contributed by atoms with van der Waals surface area (Å²) in [5, 5.41) is 14.4. The molecular formula is C12H18N2O3. The summed E-state index contributed by atoms with van der Waals surface area (Å²) in [5.41, 5.74) is 0.119. The van der Waals surface area contributed by atoms with Crippen molar-refractivity contribution in [3.05, 3.63) is 0 Å². The van der Waals surface area contributed by atoms with Gasteiger partial charge in [-0.25, -0.2) is 9.80 Å². The van der Waals surface area contributed by atoms with Gasteiger partial charge in [0.05, 0.1) is 6.04 Å². The van der Waals surface area contributed by atoms with Crippen LogP contribution in [0.1, 0.15) is 51.4 Å². The molecule has 2 rings (SSSR count). The number of carbonyl (C=O) groups is 2. The van der Waals surface area contributed by atoms with Crippen molar-refractivity contribution in [3.63, 3.8) is 0 Å². The second kappa shape index (κ2) is 5.29. The average Bonchev–Trinajstić information content (AvgIpc) is 2.58. The van der Waals surface area contributed by atoms with E-state index in [0.29, 0.717) is 0 Å². The van der Waals surface area contributed by atoms with Gasteiger partial charge in [-0.05, 0) is 12.8 Å². The van der Waals surface area contributed by atoms with Crippen LogP contribution < -0.4 is 0 Å². The van der Waals surface area contributed by atoms with Crippen molar-refractivity contribution >= 4 is 17.6 Å². The number of nitrogens with zero attached hydrogens (tertiary/aromatic N) is 2. The zero-order chi connectivity index (χ0) is 12.3. The fraction of sp³-hybridized carbons (Fsp3) is 0.750. The average molecular weight is 238 g/mol. The second-order valence-electron chi connectivity index (χ2n) is 4.74. The van der Waals surface area contributed by atoms with Gasteiger partial charge < -0.3 is 5.11 Å². The van der Waals surface area contributed by atoms with Gasteiger partial charge in [0.15, 0.2) is 0 Å². The molecule has 5 nitrogen and oxygen atoms in total. The van der Waals surface area contributed by atoms with Gasteiger partial charge in [-0.15, -0.1) is 0 Å². The zero-order valence-corrected chi connectivity index (χ0v) is 9.89. The van der Waals surface area contributed by atoms with E-state index in [4.69, 9.17) is 5.11 Å². The Kier molecular flexibility index (Phi) is 3.76. The number of aliphatic carboxylic acids is 1. The Morgan fingerprint density at radius 2 is 1.82 bits per heavy atom. The van der Waals surface area contributed by atoms with Crippen LogP contribution in [0.15, 0.2) is 5.10 Å². The van der Waals surface area contributed by atoms with Gasteiger partial charge in [-0.1, -0.05) is 25.7 Å². The van der Waals surface area contributed by atoms with E-state index in [1.165, 1.54) is 17.9 Å². The standard InChI is InChI=1S/C12H18N2O3/c15-11-8-7-10(12(16)17)13-14(11)9-5-3-1-2-4-6-9/h9H,1-8H2,(H,16,17). The number of rotatable bonds is 2. The second-order valence-corrected chi connectivity index (χ2v) is 4.74. The third-order valence-electron chi connectivity index (χ3n) is 3.48. The minimum Gasteiger partial charge on any atom is -0.477 e. The van der Waals surface area contributed by atoms with Crippen LogP contribution in [0.4, 0.5) is 0 Å². The van der Waals surface area contributed by atoms with E-state index < -0.39 is 5.97 Å². The molecule has 0 atom stereocenters. The largest absolute Gasteiger partial charge is 0.477 e. The Hall–Kier alpha value is -1.39. The highest BCUT2D eigenvalue weighted by Gasteiger charge is 2.29. The van der Waals surface area contributed by atoms with E-state index in [9.17, 15) is 9.59 Å².